The summed E-state index contributed by atoms with van der Waals surface area (Å²) in [4.78, 5) is 1.23. The highest BCUT2D eigenvalue weighted by molar-refractivity contribution is 7.98. The summed E-state index contributed by atoms with van der Waals surface area (Å²) in [7, 11) is 0. The van der Waals surface area contributed by atoms with E-state index in [4.69, 9.17) is 16.3 Å². The Morgan fingerprint density at radius 2 is 1.95 bits per heavy atom. The van der Waals surface area contributed by atoms with Crippen LogP contribution in [0.2, 0.25) is 5.02 Å². The molecule has 0 bridgehead atoms. The summed E-state index contributed by atoms with van der Waals surface area (Å²) < 4.78 is 6.01. The first-order valence-corrected chi connectivity index (χ1v) is 8.68. The molecular weight excluding hydrogens is 302 g/mol. The van der Waals surface area contributed by atoms with Gasteiger partial charge in [0.05, 0.1) is 0 Å². The molecule has 2 nitrogen and oxygen atoms in total. The third kappa shape index (κ3) is 4.16. The molecule has 21 heavy (non-hydrogen) atoms. The van der Waals surface area contributed by atoms with Crippen LogP contribution in [0.25, 0.3) is 0 Å². The van der Waals surface area contributed by atoms with Crippen LogP contribution in [0.3, 0.4) is 0 Å². The van der Waals surface area contributed by atoms with Crippen molar-refractivity contribution in [2.24, 2.45) is 0 Å². The van der Waals surface area contributed by atoms with E-state index in [0.29, 0.717) is 6.04 Å². The third-order valence-electron chi connectivity index (χ3n) is 3.47. The standard InChI is InChI=1S/C17H18ClNOS/c1-21-16-7-5-15(6-8-16)20-17-9-2-13(18)10-12(17)11-19-14-3-4-14/h2,5-10,14,19H,3-4,11H2,1H3. The van der Waals surface area contributed by atoms with Crippen molar-refractivity contribution in [1.82, 2.24) is 5.32 Å². The van der Waals surface area contributed by atoms with Gasteiger partial charge >= 0.3 is 0 Å². The second-order valence-electron chi connectivity index (χ2n) is 5.18. The van der Waals surface area contributed by atoms with Gasteiger partial charge in [-0.3, -0.25) is 0 Å². The highest BCUT2D eigenvalue weighted by atomic mass is 35.5. The predicted octanol–water partition coefficient (Wildman–Crippen LogP) is 5.11. The molecule has 1 saturated carbocycles. The lowest BCUT2D eigenvalue weighted by Crippen LogP contribution is -2.15. The van der Waals surface area contributed by atoms with Crippen LogP contribution >= 0.6 is 23.4 Å². The Labute approximate surface area is 134 Å². The summed E-state index contributed by atoms with van der Waals surface area (Å²) in [6.45, 7) is 0.795. The molecule has 1 N–H and O–H groups in total. The fraction of sp³-hybridized carbons (Fsp3) is 0.294. The van der Waals surface area contributed by atoms with Gasteiger partial charge in [-0.15, -0.1) is 11.8 Å². The van der Waals surface area contributed by atoms with E-state index in [0.717, 1.165) is 28.6 Å². The molecule has 110 valence electrons. The number of rotatable bonds is 6. The topological polar surface area (TPSA) is 21.3 Å². The highest BCUT2D eigenvalue weighted by Gasteiger charge is 2.20. The van der Waals surface area contributed by atoms with Gasteiger partial charge in [0.2, 0.25) is 0 Å². The molecule has 0 saturated heterocycles. The zero-order valence-electron chi connectivity index (χ0n) is 11.9. The van der Waals surface area contributed by atoms with E-state index < -0.39 is 0 Å². The van der Waals surface area contributed by atoms with Gasteiger partial charge in [0.15, 0.2) is 0 Å². The van der Waals surface area contributed by atoms with Crippen molar-refractivity contribution in [2.45, 2.75) is 30.3 Å². The van der Waals surface area contributed by atoms with Gasteiger partial charge in [0, 0.05) is 28.1 Å². The maximum atomic E-state index is 6.10. The SMILES string of the molecule is CSc1ccc(Oc2ccc(Cl)cc2CNC2CC2)cc1. The quantitative estimate of drug-likeness (QED) is 0.748. The molecule has 0 unspecified atom stereocenters. The van der Waals surface area contributed by atoms with Gasteiger partial charge in [-0.25, -0.2) is 0 Å². The number of nitrogens with one attached hydrogen (secondary N) is 1. The molecule has 0 amide bonds. The van der Waals surface area contributed by atoms with Crippen molar-refractivity contribution in [3.63, 3.8) is 0 Å². The predicted molar refractivity (Wildman–Crippen MR) is 89.6 cm³/mol. The van der Waals surface area contributed by atoms with E-state index in [1.165, 1.54) is 17.7 Å². The van der Waals surface area contributed by atoms with Crippen LogP contribution in [0.15, 0.2) is 47.4 Å². The molecule has 1 aliphatic rings. The molecule has 0 heterocycles. The summed E-state index contributed by atoms with van der Waals surface area (Å²) >= 11 is 7.83. The smallest absolute Gasteiger partial charge is 0.132 e. The van der Waals surface area contributed by atoms with Crippen LogP contribution in [0.4, 0.5) is 0 Å². The normalized spacial score (nSPS) is 14.2. The Morgan fingerprint density at radius 1 is 1.19 bits per heavy atom. The van der Waals surface area contributed by atoms with Crippen molar-refractivity contribution < 1.29 is 4.74 Å². The lowest BCUT2D eigenvalue weighted by Gasteiger charge is -2.12. The zero-order valence-corrected chi connectivity index (χ0v) is 13.5. The number of ether oxygens (including phenoxy) is 1. The molecule has 0 atom stereocenters. The van der Waals surface area contributed by atoms with Gasteiger partial charge in [0.25, 0.3) is 0 Å². The molecular formula is C17H18ClNOS. The van der Waals surface area contributed by atoms with Crippen LogP contribution in [0.1, 0.15) is 18.4 Å². The van der Waals surface area contributed by atoms with Crippen LogP contribution < -0.4 is 10.1 Å². The maximum Gasteiger partial charge on any atom is 0.132 e. The zero-order chi connectivity index (χ0) is 14.7. The lowest BCUT2D eigenvalue weighted by atomic mass is 10.2. The molecule has 0 aliphatic heterocycles. The first-order chi connectivity index (χ1) is 10.2. The fourth-order valence-corrected chi connectivity index (χ4v) is 2.70. The summed E-state index contributed by atoms with van der Waals surface area (Å²) in [5, 5.41) is 4.25. The molecule has 1 aliphatic carbocycles. The summed E-state index contributed by atoms with van der Waals surface area (Å²) in [5.41, 5.74) is 1.10. The molecule has 0 spiro atoms. The minimum Gasteiger partial charge on any atom is -0.457 e. The van der Waals surface area contributed by atoms with E-state index >= 15 is 0 Å². The van der Waals surface area contributed by atoms with Gasteiger partial charge in [-0.2, -0.15) is 0 Å². The van der Waals surface area contributed by atoms with Gasteiger partial charge in [-0.05, 0) is 61.6 Å². The Balaban J connectivity index is 1.75. The van der Waals surface area contributed by atoms with Crippen molar-refractivity contribution in [2.75, 3.05) is 6.26 Å². The first kappa shape index (κ1) is 14.8. The molecule has 2 aromatic carbocycles. The van der Waals surface area contributed by atoms with Crippen LogP contribution in [-0.4, -0.2) is 12.3 Å². The monoisotopic (exact) mass is 319 g/mol. The van der Waals surface area contributed by atoms with E-state index in [2.05, 4.69) is 23.7 Å². The Hall–Kier alpha value is -1.16. The number of hydrogen-bond acceptors (Lipinski definition) is 3. The first-order valence-electron chi connectivity index (χ1n) is 7.08. The average Bonchev–Trinajstić information content (AvgIpc) is 3.32. The molecule has 0 aromatic heterocycles. The van der Waals surface area contributed by atoms with Crippen LogP contribution in [-0.2, 0) is 6.54 Å². The highest BCUT2D eigenvalue weighted by Crippen LogP contribution is 2.30. The fourth-order valence-electron chi connectivity index (χ4n) is 2.10. The third-order valence-corrected chi connectivity index (χ3v) is 4.45. The van der Waals surface area contributed by atoms with Crippen molar-refractivity contribution in [1.29, 1.82) is 0 Å². The minimum absolute atomic E-state index is 0.665. The van der Waals surface area contributed by atoms with Gasteiger partial charge < -0.3 is 10.1 Å². The molecule has 2 aromatic rings. The van der Waals surface area contributed by atoms with Crippen molar-refractivity contribution in [3.05, 3.63) is 53.1 Å². The summed E-state index contributed by atoms with van der Waals surface area (Å²) in [5.74, 6) is 1.72. The molecule has 3 rings (SSSR count). The van der Waals surface area contributed by atoms with Crippen molar-refractivity contribution in [3.8, 4) is 11.5 Å². The molecule has 0 radical (unpaired) electrons. The summed E-state index contributed by atoms with van der Waals surface area (Å²) in [6.07, 6.45) is 4.61. The summed E-state index contributed by atoms with van der Waals surface area (Å²) in [6, 6.07) is 14.6. The Bertz CT molecular complexity index is 611. The Kier molecular flexibility index (Phi) is 4.73. The lowest BCUT2D eigenvalue weighted by molar-refractivity contribution is 0.472. The van der Waals surface area contributed by atoms with Crippen LogP contribution in [0.5, 0.6) is 11.5 Å². The number of hydrogen-bond donors (Lipinski definition) is 1. The molecule has 4 heteroatoms. The van der Waals surface area contributed by atoms with Crippen molar-refractivity contribution >= 4 is 23.4 Å². The van der Waals surface area contributed by atoms with Gasteiger partial charge in [0.1, 0.15) is 11.5 Å². The van der Waals surface area contributed by atoms with Gasteiger partial charge in [-0.1, -0.05) is 11.6 Å². The van der Waals surface area contributed by atoms with E-state index in [-0.39, 0.29) is 0 Å². The maximum absolute atomic E-state index is 6.10. The minimum atomic E-state index is 0.665. The van der Waals surface area contributed by atoms with E-state index in [9.17, 15) is 0 Å². The number of halogens is 1. The largest absolute Gasteiger partial charge is 0.457 e. The number of thioether (sulfide) groups is 1. The second kappa shape index (κ2) is 6.73. The molecule has 1 fully saturated rings. The van der Waals surface area contributed by atoms with E-state index in [1.54, 1.807) is 11.8 Å². The average molecular weight is 320 g/mol. The second-order valence-corrected chi connectivity index (χ2v) is 6.50. The number of benzene rings is 2. The Morgan fingerprint density at radius 3 is 2.62 bits per heavy atom. The van der Waals surface area contributed by atoms with Crippen LogP contribution in [0, 0.1) is 0 Å². The van der Waals surface area contributed by atoms with E-state index in [1.807, 2.05) is 30.3 Å².